The molecule has 4 rings (SSSR count). The van der Waals surface area contributed by atoms with Crippen LogP contribution in [0.5, 0.6) is 0 Å². The molecule has 0 radical (unpaired) electrons. The standard InChI is InChI=1S/C33H43N7O5/c1-5-34-29-26(30(41)44-20-19-40-17-7-6-8-18-40)14-15-27(38-29)24-10-12-25(13-11-24)37-31(42)36-22-23-9-16-28(35-21-23)39-32(43)45-33(2,3)4/h9-16,21H,5-8,17-20,22H2,1-4H3,(H,34,38)(H,35,39,43)(H2,36,37,42). The minimum Gasteiger partial charge on any atom is -0.461 e. The highest BCUT2D eigenvalue weighted by Crippen LogP contribution is 2.24. The quantitative estimate of drug-likeness (QED) is 0.194. The third-order valence-electron chi connectivity index (χ3n) is 6.89. The molecule has 1 aliphatic heterocycles. The number of nitrogens with one attached hydrogen (secondary N) is 4. The van der Waals surface area contributed by atoms with Gasteiger partial charge in [0.2, 0.25) is 0 Å². The average molecular weight is 618 g/mol. The molecule has 0 unspecified atom stereocenters. The molecule has 12 heteroatoms. The van der Waals surface area contributed by atoms with Gasteiger partial charge in [-0.25, -0.2) is 24.4 Å². The Labute approximate surface area is 264 Å². The van der Waals surface area contributed by atoms with Gasteiger partial charge in [0.1, 0.15) is 29.4 Å². The van der Waals surface area contributed by atoms with Crippen LogP contribution in [-0.2, 0) is 16.0 Å². The van der Waals surface area contributed by atoms with Crippen LogP contribution in [0.15, 0.2) is 54.7 Å². The van der Waals surface area contributed by atoms with Gasteiger partial charge in [0, 0.05) is 37.1 Å². The van der Waals surface area contributed by atoms with Crippen molar-refractivity contribution < 1.29 is 23.9 Å². The monoisotopic (exact) mass is 617 g/mol. The van der Waals surface area contributed by atoms with E-state index in [1.165, 1.54) is 19.3 Å². The van der Waals surface area contributed by atoms with Crippen molar-refractivity contribution in [2.45, 2.75) is 59.1 Å². The maximum absolute atomic E-state index is 12.8. The van der Waals surface area contributed by atoms with Crippen LogP contribution < -0.4 is 21.3 Å². The van der Waals surface area contributed by atoms with Crippen molar-refractivity contribution in [1.29, 1.82) is 0 Å². The van der Waals surface area contributed by atoms with Gasteiger partial charge in [-0.2, -0.15) is 0 Å². The summed E-state index contributed by atoms with van der Waals surface area (Å²) in [6.07, 6.45) is 4.63. The van der Waals surface area contributed by atoms with Gasteiger partial charge in [0.25, 0.3) is 0 Å². The summed E-state index contributed by atoms with van der Waals surface area (Å²) >= 11 is 0. The molecule has 0 saturated carbocycles. The van der Waals surface area contributed by atoms with Gasteiger partial charge < -0.3 is 25.4 Å². The Bertz CT molecular complexity index is 1430. The number of aromatic nitrogens is 2. The van der Waals surface area contributed by atoms with Crippen LogP contribution >= 0.6 is 0 Å². The number of carbonyl (C=O) groups excluding carboxylic acids is 3. The SMILES string of the molecule is CCNc1nc(-c2ccc(NC(=O)NCc3ccc(NC(=O)OC(C)(C)C)nc3)cc2)ccc1C(=O)OCCN1CCCCC1. The lowest BCUT2D eigenvalue weighted by molar-refractivity contribution is 0.0452. The van der Waals surface area contributed by atoms with Crippen molar-refractivity contribution >= 4 is 35.4 Å². The first-order chi connectivity index (χ1) is 21.6. The van der Waals surface area contributed by atoms with E-state index in [2.05, 4.69) is 36.1 Å². The summed E-state index contributed by atoms with van der Waals surface area (Å²) in [6, 6.07) is 13.8. The maximum atomic E-state index is 12.8. The molecule has 0 aliphatic carbocycles. The smallest absolute Gasteiger partial charge is 0.413 e. The Kier molecular flexibility index (Phi) is 11.7. The second-order valence-electron chi connectivity index (χ2n) is 11.7. The number of amides is 3. The number of rotatable bonds is 11. The fourth-order valence-electron chi connectivity index (χ4n) is 4.71. The third kappa shape index (κ3) is 10.8. The van der Waals surface area contributed by atoms with Crippen molar-refractivity contribution in [3.05, 3.63) is 65.9 Å². The number of ether oxygens (including phenoxy) is 2. The van der Waals surface area contributed by atoms with Crippen molar-refractivity contribution in [3.63, 3.8) is 0 Å². The Morgan fingerprint density at radius 2 is 1.69 bits per heavy atom. The molecule has 0 atom stereocenters. The van der Waals surface area contributed by atoms with E-state index in [0.29, 0.717) is 41.7 Å². The molecule has 12 nitrogen and oxygen atoms in total. The number of pyridine rings is 2. The molecule has 1 aliphatic rings. The second-order valence-corrected chi connectivity index (χ2v) is 11.7. The first kappa shape index (κ1) is 33.2. The van der Waals surface area contributed by atoms with Crippen molar-refractivity contribution in [2.24, 2.45) is 0 Å². The number of nitrogens with zero attached hydrogens (tertiary/aromatic N) is 3. The highest BCUT2D eigenvalue weighted by atomic mass is 16.6. The van der Waals surface area contributed by atoms with Gasteiger partial charge in [-0.05, 0) is 89.5 Å². The molecular formula is C33H43N7O5. The molecule has 45 heavy (non-hydrogen) atoms. The van der Waals surface area contributed by atoms with Gasteiger partial charge in [-0.1, -0.05) is 24.6 Å². The number of hydrogen-bond donors (Lipinski definition) is 4. The van der Waals surface area contributed by atoms with Gasteiger partial charge in [0.05, 0.1) is 5.69 Å². The predicted molar refractivity (Wildman–Crippen MR) is 174 cm³/mol. The maximum Gasteiger partial charge on any atom is 0.413 e. The molecule has 240 valence electrons. The Balaban J connectivity index is 1.27. The van der Waals surface area contributed by atoms with E-state index in [0.717, 1.165) is 30.8 Å². The van der Waals surface area contributed by atoms with E-state index in [1.807, 2.05) is 19.1 Å². The molecule has 4 N–H and O–H groups in total. The fraction of sp³-hybridized carbons (Fsp3) is 0.424. The summed E-state index contributed by atoms with van der Waals surface area (Å²) in [5.41, 5.74) is 2.67. The summed E-state index contributed by atoms with van der Waals surface area (Å²) < 4.78 is 10.8. The van der Waals surface area contributed by atoms with E-state index in [4.69, 9.17) is 9.47 Å². The van der Waals surface area contributed by atoms with Crippen molar-refractivity contribution in [3.8, 4) is 11.3 Å². The topological polar surface area (TPSA) is 147 Å². The van der Waals surface area contributed by atoms with Crippen LogP contribution in [0.4, 0.5) is 26.9 Å². The highest BCUT2D eigenvalue weighted by molar-refractivity contribution is 5.95. The summed E-state index contributed by atoms with van der Waals surface area (Å²) in [6.45, 7) is 11.3. The lowest BCUT2D eigenvalue weighted by atomic mass is 10.1. The van der Waals surface area contributed by atoms with Crippen LogP contribution in [0.2, 0.25) is 0 Å². The first-order valence-electron chi connectivity index (χ1n) is 15.3. The van der Waals surface area contributed by atoms with E-state index in [1.54, 1.807) is 63.4 Å². The Morgan fingerprint density at radius 3 is 2.36 bits per heavy atom. The molecule has 0 bridgehead atoms. The fourth-order valence-corrected chi connectivity index (χ4v) is 4.71. The normalized spacial score (nSPS) is 13.4. The van der Waals surface area contributed by atoms with Crippen LogP contribution in [-0.4, -0.2) is 71.3 Å². The molecule has 1 aromatic carbocycles. The first-order valence-corrected chi connectivity index (χ1v) is 15.3. The van der Waals surface area contributed by atoms with E-state index < -0.39 is 17.7 Å². The zero-order chi connectivity index (χ0) is 32.2. The number of likely N-dealkylation sites (tertiary alicyclic amines) is 1. The number of esters is 1. The van der Waals surface area contributed by atoms with Crippen LogP contribution in [0.3, 0.4) is 0 Å². The van der Waals surface area contributed by atoms with Gasteiger partial charge in [-0.3, -0.25) is 10.2 Å². The minimum atomic E-state index is -0.608. The largest absolute Gasteiger partial charge is 0.461 e. The van der Waals surface area contributed by atoms with Crippen molar-refractivity contribution in [1.82, 2.24) is 20.2 Å². The summed E-state index contributed by atoms with van der Waals surface area (Å²) in [7, 11) is 0. The molecule has 1 saturated heterocycles. The minimum absolute atomic E-state index is 0.244. The molecule has 0 spiro atoms. The van der Waals surface area contributed by atoms with Crippen LogP contribution in [0, 0.1) is 0 Å². The number of carbonyl (C=O) groups is 3. The number of anilines is 3. The number of urea groups is 1. The number of piperidine rings is 1. The third-order valence-corrected chi connectivity index (χ3v) is 6.89. The van der Waals surface area contributed by atoms with Gasteiger partial charge in [0.15, 0.2) is 0 Å². The van der Waals surface area contributed by atoms with E-state index in [9.17, 15) is 14.4 Å². The lowest BCUT2D eigenvalue weighted by Crippen LogP contribution is -2.33. The average Bonchev–Trinajstić information content (AvgIpc) is 3.01. The second kappa shape index (κ2) is 15.8. The zero-order valence-corrected chi connectivity index (χ0v) is 26.4. The Morgan fingerprint density at radius 1 is 0.933 bits per heavy atom. The molecule has 3 aromatic rings. The molecule has 2 aromatic heterocycles. The molecular weight excluding hydrogens is 574 g/mol. The number of hydrogen-bond acceptors (Lipinski definition) is 9. The summed E-state index contributed by atoms with van der Waals surface area (Å²) in [4.78, 5) is 48.4. The Hall–Kier alpha value is -4.71. The lowest BCUT2D eigenvalue weighted by Gasteiger charge is -2.25. The van der Waals surface area contributed by atoms with Gasteiger partial charge >= 0.3 is 18.1 Å². The summed E-state index contributed by atoms with van der Waals surface area (Å²) in [5.74, 6) is 0.432. The molecule has 1 fully saturated rings. The van der Waals surface area contributed by atoms with E-state index >= 15 is 0 Å². The number of benzene rings is 1. The predicted octanol–water partition coefficient (Wildman–Crippen LogP) is 5.89. The van der Waals surface area contributed by atoms with Gasteiger partial charge in [-0.15, -0.1) is 0 Å². The van der Waals surface area contributed by atoms with E-state index in [-0.39, 0.29) is 12.6 Å². The molecule has 3 amide bonds. The molecule has 3 heterocycles. The van der Waals surface area contributed by atoms with Crippen LogP contribution in [0.25, 0.3) is 11.3 Å². The zero-order valence-electron chi connectivity index (χ0n) is 26.4. The van der Waals surface area contributed by atoms with Crippen LogP contribution in [0.1, 0.15) is 62.9 Å². The highest BCUT2D eigenvalue weighted by Gasteiger charge is 2.18. The van der Waals surface area contributed by atoms with Crippen molar-refractivity contribution in [2.75, 3.05) is 48.7 Å². The summed E-state index contributed by atoms with van der Waals surface area (Å²) in [5, 5.41) is 11.3.